The van der Waals surface area contributed by atoms with Crippen molar-refractivity contribution < 1.29 is 18.4 Å². The highest BCUT2D eigenvalue weighted by atomic mass is 19.1. The Morgan fingerprint density at radius 2 is 2.00 bits per heavy atom. The number of carbonyl (C=O) groups is 2. The van der Waals surface area contributed by atoms with Gasteiger partial charge in [-0.25, -0.2) is 9.18 Å². The van der Waals surface area contributed by atoms with Gasteiger partial charge in [-0.15, -0.1) is 0 Å². The molecule has 7 heteroatoms. The summed E-state index contributed by atoms with van der Waals surface area (Å²) in [6.07, 6.45) is 0. The molecule has 0 saturated heterocycles. The third kappa shape index (κ3) is 3.55. The van der Waals surface area contributed by atoms with Gasteiger partial charge >= 0.3 is 6.03 Å². The number of nitrogens with one attached hydrogen (secondary N) is 3. The fourth-order valence-electron chi connectivity index (χ4n) is 3.64. The van der Waals surface area contributed by atoms with E-state index < -0.39 is 12.1 Å². The smallest absolute Gasteiger partial charge is 0.319 e. The Kier molecular flexibility index (Phi) is 4.74. The maximum absolute atomic E-state index is 13.6. The van der Waals surface area contributed by atoms with Gasteiger partial charge in [-0.05, 0) is 48.7 Å². The van der Waals surface area contributed by atoms with E-state index in [1.807, 2.05) is 26.8 Å². The monoisotopic (exact) mass is 395 g/mol. The zero-order chi connectivity index (χ0) is 20.7. The molecule has 0 fully saturated rings. The number of amides is 3. The molecule has 1 aliphatic rings. The third-order valence-corrected chi connectivity index (χ3v) is 5.22. The van der Waals surface area contributed by atoms with Crippen molar-refractivity contribution in [2.45, 2.75) is 33.4 Å². The summed E-state index contributed by atoms with van der Waals surface area (Å²) in [6.45, 7) is 6.30. The van der Waals surface area contributed by atoms with E-state index in [4.69, 9.17) is 4.42 Å². The van der Waals surface area contributed by atoms with Crippen molar-refractivity contribution in [2.24, 2.45) is 5.92 Å². The predicted molar refractivity (Wildman–Crippen MR) is 108 cm³/mol. The van der Waals surface area contributed by atoms with Gasteiger partial charge in [0.1, 0.15) is 17.2 Å². The van der Waals surface area contributed by atoms with Crippen LogP contribution in [-0.4, -0.2) is 11.9 Å². The van der Waals surface area contributed by atoms with E-state index in [9.17, 15) is 14.0 Å². The Labute approximate surface area is 167 Å². The Morgan fingerprint density at radius 1 is 1.21 bits per heavy atom. The molecule has 2 heterocycles. The van der Waals surface area contributed by atoms with E-state index in [0.717, 1.165) is 11.1 Å². The van der Waals surface area contributed by atoms with E-state index in [1.54, 1.807) is 18.2 Å². The molecular formula is C22H22FN3O3. The maximum atomic E-state index is 13.6. The number of carbonyl (C=O) groups excluding carboxylic acids is 2. The van der Waals surface area contributed by atoms with Crippen molar-refractivity contribution in [1.29, 1.82) is 0 Å². The minimum atomic E-state index is -0.409. The van der Waals surface area contributed by atoms with E-state index in [0.29, 0.717) is 34.5 Å². The molecule has 4 rings (SSSR count). The molecule has 3 amide bonds. The highest BCUT2D eigenvalue weighted by Crippen LogP contribution is 2.33. The van der Waals surface area contributed by atoms with Crippen molar-refractivity contribution in [3.05, 3.63) is 64.7 Å². The van der Waals surface area contributed by atoms with Crippen LogP contribution in [0.15, 0.2) is 40.8 Å². The van der Waals surface area contributed by atoms with Gasteiger partial charge in [-0.2, -0.15) is 0 Å². The van der Waals surface area contributed by atoms with Crippen LogP contribution in [0.4, 0.5) is 14.9 Å². The van der Waals surface area contributed by atoms with Crippen LogP contribution in [0.1, 0.15) is 47.1 Å². The van der Waals surface area contributed by atoms with Crippen LogP contribution in [0.3, 0.4) is 0 Å². The highest BCUT2D eigenvalue weighted by molar-refractivity contribution is 6.00. The second kappa shape index (κ2) is 7.24. The fourth-order valence-corrected chi connectivity index (χ4v) is 3.64. The van der Waals surface area contributed by atoms with Gasteiger partial charge in [0.2, 0.25) is 0 Å². The normalized spacial score (nSPS) is 14.0. The summed E-state index contributed by atoms with van der Waals surface area (Å²) in [4.78, 5) is 24.5. The third-order valence-electron chi connectivity index (χ3n) is 5.22. The molecule has 3 N–H and O–H groups in total. The summed E-state index contributed by atoms with van der Waals surface area (Å²) in [5, 5.41) is 9.16. The van der Waals surface area contributed by atoms with Crippen molar-refractivity contribution >= 4 is 28.6 Å². The van der Waals surface area contributed by atoms with Gasteiger partial charge in [-0.1, -0.05) is 19.9 Å². The first-order valence-electron chi connectivity index (χ1n) is 9.50. The lowest BCUT2D eigenvalue weighted by molar-refractivity contribution is 0.0965. The number of benzene rings is 2. The standard InChI is InChI=1S/C22H22FN3O3/c1-11(2)19(20-12(3)16-8-14(23)5-7-18(16)29-20)26-22(28)25-15-6-4-13-10-24-21(27)17(13)9-15/h4-9,11,19H,10H2,1-3H3,(H,24,27)(H2,25,26,28)/t19-/m0/s1. The van der Waals surface area contributed by atoms with Gasteiger partial charge in [0.25, 0.3) is 5.91 Å². The molecule has 29 heavy (non-hydrogen) atoms. The molecule has 2 aromatic carbocycles. The second-order valence-electron chi connectivity index (χ2n) is 7.61. The number of rotatable bonds is 4. The van der Waals surface area contributed by atoms with Crippen LogP contribution in [0.25, 0.3) is 11.0 Å². The van der Waals surface area contributed by atoms with Crippen LogP contribution in [0.2, 0.25) is 0 Å². The van der Waals surface area contributed by atoms with Crippen molar-refractivity contribution in [3.63, 3.8) is 0 Å². The second-order valence-corrected chi connectivity index (χ2v) is 7.61. The van der Waals surface area contributed by atoms with Crippen LogP contribution < -0.4 is 16.0 Å². The molecule has 0 spiro atoms. The van der Waals surface area contributed by atoms with Crippen molar-refractivity contribution in [2.75, 3.05) is 5.32 Å². The van der Waals surface area contributed by atoms with Gasteiger partial charge in [0.15, 0.2) is 0 Å². The van der Waals surface area contributed by atoms with Crippen molar-refractivity contribution in [1.82, 2.24) is 10.6 Å². The van der Waals surface area contributed by atoms with Gasteiger partial charge in [-0.3, -0.25) is 4.79 Å². The quantitative estimate of drug-likeness (QED) is 0.602. The Bertz CT molecular complexity index is 1120. The molecule has 6 nitrogen and oxygen atoms in total. The molecule has 3 aromatic rings. The molecule has 0 aliphatic carbocycles. The molecule has 1 atom stereocenters. The van der Waals surface area contributed by atoms with Crippen molar-refractivity contribution in [3.8, 4) is 0 Å². The minimum Gasteiger partial charge on any atom is -0.459 e. The number of urea groups is 1. The zero-order valence-electron chi connectivity index (χ0n) is 16.4. The maximum Gasteiger partial charge on any atom is 0.319 e. The largest absolute Gasteiger partial charge is 0.459 e. The summed E-state index contributed by atoms with van der Waals surface area (Å²) in [6, 6.07) is 8.81. The zero-order valence-corrected chi connectivity index (χ0v) is 16.4. The number of anilines is 1. The lowest BCUT2D eigenvalue weighted by atomic mass is 9.98. The van der Waals surface area contributed by atoms with Gasteiger partial charge in [0.05, 0.1) is 6.04 Å². The summed E-state index contributed by atoms with van der Waals surface area (Å²) in [5.74, 6) is 0.161. The molecule has 0 radical (unpaired) electrons. The molecule has 0 unspecified atom stereocenters. The number of hydrogen-bond donors (Lipinski definition) is 3. The number of furan rings is 1. The van der Waals surface area contributed by atoms with Crippen LogP contribution in [-0.2, 0) is 6.54 Å². The molecule has 1 aliphatic heterocycles. The molecule has 150 valence electrons. The minimum absolute atomic E-state index is 0.0376. The first-order valence-corrected chi connectivity index (χ1v) is 9.50. The highest BCUT2D eigenvalue weighted by Gasteiger charge is 2.26. The number of hydrogen-bond acceptors (Lipinski definition) is 3. The molecule has 1 aromatic heterocycles. The Balaban J connectivity index is 1.56. The number of halogens is 1. The van der Waals surface area contributed by atoms with E-state index >= 15 is 0 Å². The average Bonchev–Trinajstić information content (AvgIpc) is 3.20. The first kappa shape index (κ1) is 19.0. The summed E-state index contributed by atoms with van der Waals surface area (Å²) >= 11 is 0. The topological polar surface area (TPSA) is 83.4 Å². The number of aryl methyl sites for hydroxylation is 1. The van der Waals surface area contributed by atoms with E-state index in [2.05, 4.69) is 16.0 Å². The summed E-state index contributed by atoms with van der Waals surface area (Å²) in [7, 11) is 0. The van der Waals surface area contributed by atoms with Gasteiger partial charge in [0, 0.05) is 28.7 Å². The van der Waals surface area contributed by atoms with Gasteiger partial charge < -0.3 is 20.4 Å². The Morgan fingerprint density at radius 3 is 2.76 bits per heavy atom. The fraction of sp³-hybridized carbons (Fsp3) is 0.273. The van der Waals surface area contributed by atoms with E-state index in [-0.39, 0.29) is 17.6 Å². The van der Waals surface area contributed by atoms with Crippen LogP contribution in [0.5, 0.6) is 0 Å². The average molecular weight is 395 g/mol. The first-order chi connectivity index (χ1) is 13.8. The SMILES string of the molecule is Cc1c([C@@H](NC(=O)Nc2ccc3c(c2)C(=O)NC3)C(C)C)oc2ccc(F)cc12. The van der Waals surface area contributed by atoms with E-state index in [1.165, 1.54) is 12.1 Å². The lowest BCUT2D eigenvalue weighted by Gasteiger charge is -2.21. The summed E-state index contributed by atoms with van der Waals surface area (Å²) in [5.41, 5.74) is 3.39. The Hall–Kier alpha value is -3.35. The number of fused-ring (bicyclic) bond motifs is 2. The molecular weight excluding hydrogens is 373 g/mol. The van der Waals surface area contributed by atoms with Crippen LogP contribution >= 0.6 is 0 Å². The lowest BCUT2D eigenvalue weighted by Crippen LogP contribution is -2.35. The summed E-state index contributed by atoms with van der Waals surface area (Å²) < 4.78 is 19.6. The predicted octanol–water partition coefficient (Wildman–Crippen LogP) is 4.64. The molecule has 0 bridgehead atoms. The molecule has 0 saturated carbocycles. The van der Waals surface area contributed by atoms with Crippen LogP contribution in [0, 0.1) is 18.7 Å².